The van der Waals surface area contributed by atoms with Gasteiger partial charge in [0.05, 0.1) is 33.7 Å². The Bertz CT molecular complexity index is 1470. The fourth-order valence-electron chi connectivity index (χ4n) is 3.51. The first-order chi connectivity index (χ1) is 15.4. The van der Waals surface area contributed by atoms with Gasteiger partial charge in [0.25, 0.3) is 15.6 Å². The number of nitriles is 1. The molecule has 1 fully saturated rings. The summed E-state index contributed by atoms with van der Waals surface area (Å²) in [6.45, 7) is 2.53. The third-order valence-corrected chi connectivity index (χ3v) is 8.33. The van der Waals surface area contributed by atoms with Crippen molar-refractivity contribution >= 4 is 37.7 Å². The fourth-order valence-corrected chi connectivity index (χ4v) is 6.20. The molecule has 0 unspecified atom stereocenters. The lowest BCUT2D eigenvalue weighted by atomic mass is 10.0. The minimum absolute atomic E-state index is 0.0605. The maximum atomic E-state index is 12.7. The minimum Gasteiger partial charge on any atom is -0.494 e. The summed E-state index contributed by atoms with van der Waals surface area (Å²) in [4.78, 5) is 27.8. The molecule has 0 bridgehead atoms. The summed E-state index contributed by atoms with van der Waals surface area (Å²) in [5.41, 5.74) is -0.499. The van der Waals surface area contributed by atoms with Gasteiger partial charge in [-0.3, -0.25) is 19.1 Å². The molecule has 1 aliphatic rings. The van der Waals surface area contributed by atoms with Crippen LogP contribution in [0.4, 0.5) is 5.69 Å². The summed E-state index contributed by atoms with van der Waals surface area (Å²) < 4.78 is 50.5. The average Bonchev–Trinajstić information content (AvgIpc) is 3.07. The van der Waals surface area contributed by atoms with Gasteiger partial charge < -0.3 is 5.11 Å². The smallest absolute Gasteiger partial charge is 0.271 e. The van der Waals surface area contributed by atoms with E-state index in [2.05, 4.69) is 4.99 Å². The molecule has 0 radical (unpaired) electrons. The van der Waals surface area contributed by atoms with Crippen LogP contribution < -0.4 is 10.3 Å². The molecule has 3 rings (SSSR count). The van der Waals surface area contributed by atoms with Crippen LogP contribution in [0.2, 0.25) is 0 Å². The van der Waals surface area contributed by atoms with Crippen molar-refractivity contribution in [2.45, 2.75) is 31.2 Å². The zero-order chi connectivity index (χ0) is 24.6. The van der Waals surface area contributed by atoms with Gasteiger partial charge in [0.2, 0.25) is 11.8 Å². The van der Waals surface area contributed by atoms with Crippen LogP contribution >= 0.6 is 0 Å². The molecule has 2 heterocycles. The van der Waals surface area contributed by atoms with E-state index >= 15 is 0 Å². The first-order valence-corrected chi connectivity index (χ1v) is 12.9. The summed E-state index contributed by atoms with van der Waals surface area (Å²) in [7, 11) is -7.37. The SMILES string of the molecule is CC(=O)NS(=O)(=O)c1ccc(N=Cc2c(C)c(C#N)c(=O)n([C@@H]3CCS(=O)(=O)C3)c2O)cc1. The predicted octanol–water partition coefficient (Wildman–Crippen LogP) is 0.669. The van der Waals surface area contributed by atoms with Crippen molar-refractivity contribution in [2.24, 2.45) is 4.99 Å². The lowest BCUT2D eigenvalue weighted by molar-refractivity contribution is -0.117. The van der Waals surface area contributed by atoms with Gasteiger partial charge in [-0.1, -0.05) is 0 Å². The molecular weight excluding hydrogens is 472 g/mol. The largest absolute Gasteiger partial charge is 0.494 e. The van der Waals surface area contributed by atoms with Crippen LogP contribution in [0.3, 0.4) is 0 Å². The minimum atomic E-state index is -4.01. The first-order valence-electron chi connectivity index (χ1n) is 9.62. The summed E-state index contributed by atoms with van der Waals surface area (Å²) in [6.07, 6.45) is 1.34. The molecule has 11 nitrogen and oxygen atoms in total. The van der Waals surface area contributed by atoms with Gasteiger partial charge in [-0.25, -0.2) is 21.6 Å². The van der Waals surface area contributed by atoms with Gasteiger partial charge in [-0.2, -0.15) is 5.26 Å². The molecule has 13 heteroatoms. The van der Waals surface area contributed by atoms with E-state index in [0.717, 1.165) is 11.5 Å². The van der Waals surface area contributed by atoms with Crippen LogP contribution in [-0.2, 0) is 24.7 Å². The summed E-state index contributed by atoms with van der Waals surface area (Å²) >= 11 is 0. The Morgan fingerprint density at radius 3 is 2.48 bits per heavy atom. The number of amides is 1. The Morgan fingerprint density at radius 1 is 1.33 bits per heavy atom. The second kappa shape index (κ2) is 8.80. The number of nitrogens with zero attached hydrogens (tertiary/aromatic N) is 3. The van der Waals surface area contributed by atoms with E-state index in [1.54, 1.807) is 6.07 Å². The van der Waals surface area contributed by atoms with Crippen molar-refractivity contribution in [3.05, 3.63) is 51.3 Å². The maximum absolute atomic E-state index is 12.7. The van der Waals surface area contributed by atoms with Crippen LogP contribution in [0.5, 0.6) is 5.88 Å². The summed E-state index contributed by atoms with van der Waals surface area (Å²) in [5.74, 6) is -1.69. The summed E-state index contributed by atoms with van der Waals surface area (Å²) in [5, 5.41) is 20.2. The van der Waals surface area contributed by atoms with Crippen LogP contribution in [-0.4, -0.2) is 50.1 Å². The highest BCUT2D eigenvalue weighted by molar-refractivity contribution is 7.91. The molecular formula is C20H20N4O7S2. The number of hydrogen-bond acceptors (Lipinski definition) is 9. The molecule has 1 aromatic heterocycles. The third-order valence-electron chi connectivity index (χ3n) is 5.13. The molecule has 0 aliphatic carbocycles. The number of nitrogens with one attached hydrogen (secondary N) is 1. The molecule has 174 valence electrons. The number of carbonyl (C=O) groups is 1. The molecule has 1 aromatic carbocycles. The van der Waals surface area contributed by atoms with E-state index in [0.29, 0.717) is 0 Å². The highest BCUT2D eigenvalue weighted by atomic mass is 32.2. The van der Waals surface area contributed by atoms with Crippen molar-refractivity contribution in [2.75, 3.05) is 11.5 Å². The number of carbonyl (C=O) groups excluding carboxylic acids is 1. The molecule has 0 spiro atoms. The lowest BCUT2D eigenvalue weighted by Gasteiger charge is -2.18. The Morgan fingerprint density at radius 2 is 1.97 bits per heavy atom. The Kier molecular flexibility index (Phi) is 6.44. The van der Waals surface area contributed by atoms with Gasteiger partial charge in [-0.15, -0.1) is 0 Å². The molecule has 1 amide bonds. The van der Waals surface area contributed by atoms with E-state index in [1.807, 2.05) is 4.72 Å². The van der Waals surface area contributed by atoms with E-state index in [1.165, 1.54) is 37.4 Å². The Hall–Kier alpha value is -3.50. The number of benzene rings is 1. The van der Waals surface area contributed by atoms with Gasteiger partial charge in [0.1, 0.15) is 11.6 Å². The van der Waals surface area contributed by atoms with Crippen molar-refractivity contribution in [3.63, 3.8) is 0 Å². The first kappa shape index (κ1) is 24.1. The van der Waals surface area contributed by atoms with Crippen molar-refractivity contribution < 1.29 is 26.7 Å². The van der Waals surface area contributed by atoms with E-state index in [9.17, 15) is 36.8 Å². The van der Waals surface area contributed by atoms with Crippen LogP contribution in [0.25, 0.3) is 0 Å². The molecule has 1 saturated heterocycles. The molecule has 2 aromatic rings. The molecule has 1 atom stereocenters. The third kappa shape index (κ3) is 4.96. The quantitative estimate of drug-likeness (QED) is 0.572. The zero-order valence-corrected chi connectivity index (χ0v) is 19.3. The number of rotatable bonds is 5. The predicted molar refractivity (Wildman–Crippen MR) is 119 cm³/mol. The Labute approximate surface area is 190 Å². The molecule has 33 heavy (non-hydrogen) atoms. The number of aliphatic imine (C=N–C) groups is 1. The standard InChI is InChI=1S/C20H20N4O7S2/c1-12-17(9-21)19(26)24(15-7-8-32(28,29)11-15)20(27)18(12)10-22-14-3-5-16(6-4-14)33(30,31)23-13(2)25/h3-6,10,15,27H,7-8,11H2,1-2H3,(H,23,25)/t15-/m1/s1. The highest BCUT2D eigenvalue weighted by Crippen LogP contribution is 2.30. The number of hydrogen-bond donors (Lipinski definition) is 2. The van der Waals surface area contributed by atoms with Gasteiger partial charge >= 0.3 is 0 Å². The molecule has 2 N–H and O–H groups in total. The maximum Gasteiger partial charge on any atom is 0.271 e. The number of sulfonamides is 1. The summed E-state index contributed by atoms with van der Waals surface area (Å²) in [6, 6.07) is 6.18. The highest BCUT2D eigenvalue weighted by Gasteiger charge is 2.33. The number of aromatic hydroxyl groups is 1. The van der Waals surface area contributed by atoms with E-state index < -0.39 is 43.2 Å². The molecule has 0 saturated carbocycles. The van der Waals surface area contributed by atoms with Crippen LogP contribution in [0, 0.1) is 18.3 Å². The van der Waals surface area contributed by atoms with Gasteiger partial charge in [-0.05, 0) is 43.2 Å². The number of pyridine rings is 1. The number of sulfone groups is 1. The monoisotopic (exact) mass is 492 g/mol. The lowest BCUT2D eigenvalue weighted by Crippen LogP contribution is -2.29. The van der Waals surface area contributed by atoms with E-state index in [-0.39, 0.29) is 45.2 Å². The van der Waals surface area contributed by atoms with Crippen molar-refractivity contribution in [1.29, 1.82) is 5.26 Å². The van der Waals surface area contributed by atoms with E-state index in [4.69, 9.17) is 0 Å². The number of aromatic nitrogens is 1. The normalized spacial score (nSPS) is 17.7. The fraction of sp³-hybridized carbons (Fsp3) is 0.300. The van der Waals surface area contributed by atoms with Gasteiger partial charge in [0.15, 0.2) is 9.84 Å². The topological polar surface area (TPSA) is 176 Å². The second-order valence-corrected chi connectivity index (χ2v) is 11.4. The zero-order valence-electron chi connectivity index (χ0n) is 17.6. The van der Waals surface area contributed by atoms with Gasteiger partial charge in [0, 0.05) is 13.1 Å². The average molecular weight is 493 g/mol. The molecule has 1 aliphatic heterocycles. The van der Waals surface area contributed by atoms with Crippen LogP contribution in [0.1, 0.15) is 36.1 Å². The van der Waals surface area contributed by atoms with Crippen LogP contribution in [0.15, 0.2) is 38.9 Å². The Balaban J connectivity index is 2.02. The van der Waals surface area contributed by atoms with Crippen molar-refractivity contribution in [1.82, 2.24) is 9.29 Å². The second-order valence-electron chi connectivity index (χ2n) is 7.49. The van der Waals surface area contributed by atoms with Crippen molar-refractivity contribution in [3.8, 4) is 11.9 Å².